The van der Waals surface area contributed by atoms with Crippen LogP contribution in [0.4, 0.5) is 0 Å². The van der Waals surface area contributed by atoms with Crippen LogP contribution in [-0.4, -0.2) is 18.7 Å². The lowest BCUT2D eigenvalue weighted by Crippen LogP contribution is -2.31. The van der Waals surface area contributed by atoms with Crippen molar-refractivity contribution >= 4 is 17.7 Å². The molecule has 1 aromatic rings. The molecule has 0 aromatic heterocycles. The second kappa shape index (κ2) is 8.20. The van der Waals surface area contributed by atoms with E-state index in [1.165, 1.54) is 10.5 Å². The number of nitrogens with one attached hydrogen (secondary N) is 1. The fourth-order valence-corrected chi connectivity index (χ4v) is 2.68. The van der Waals surface area contributed by atoms with E-state index in [4.69, 9.17) is 0 Å². The van der Waals surface area contributed by atoms with Gasteiger partial charge in [-0.1, -0.05) is 32.0 Å². The highest BCUT2D eigenvalue weighted by Crippen LogP contribution is 2.19. The maximum Gasteiger partial charge on any atom is 0.223 e. The van der Waals surface area contributed by atoms with Gasteiger partial charge < -0.3 is 5.32 Å². The molecule has 0 heterocycles. The second-order valence-electron chi connectivity index (χ2n) is 4.37. The van der Waals surface area contributed by atoms with Gasteiger partial charge in [0.05, 0.1) is 0 Å². The average Bonchev–Trinajstić information content (AvgIpc) is 2.40. The Bertz CT molecular complexity index is 375. The van der Waals surface area contributed by atoms with Crippen LogP contribution in [0.5, 0.6) is 0 Å². The van der Waals surface area contributed by atoms with Crippen molar-refractivity contribution in [2.24, 2.45) is 5.92 Å². The second-order valence-corrected chi connectivity index (χ2v) is 5.21. The minimum atomic E-state index is 0.167. The van der Waals surface area contributed by atoms with Gasteiger partial charge in [-0.25, -0.2) is 0 Å². The summed E-state index contributed by atoms with van der Waals surface area (Å²) in [4.78, 5) is 13.1. The van der Waals surface area contributed by atoms with E-state index >= 15 is 0 Å². The van der Waals surface area contributed by atoms with Crippen LogP contribution < -0.4 is 5.32 Å². The molecule has 0 saturated carbocycles. The molecule has 0 aliphatic rings. The molecule has 0 bridgehead atoms. The summed E-state index contributed by atoms with van der Waals surface area (Å²) in [7, 11) is 0. The molecular weight excluding hydrogens is 242 g/mol. The molecule has 1 aromatic carbocycles. The SMILES string of the molecule is CCC(CC)C(=O)NCCc1ccccc1SC. The third-order valence-electron chi connectivity index (χ3n) is 3.24. The first kappa shape index (κ1) is 15.1. The number of hydrogen-bond acceptors (Lipinski definition) is 2. The highest BCUT2D eigenvalue weighted by atomic mass is 32.2. The molecule has 3 heteroatoms. The van der Waals surface area contributed by atoms with Gasteiger partial charge in [-0.3, -0.25) is 4.79 Å². The third-order valence-corrected chi connectivity index (χ3v) is 4.08. The monoisotopic (exact) mass is 265 g/mol. The summed E-state index contributed by atoms with van der Waals surface area (Å²) in [6, 6.07) is 8.37. The molecular formula is C15H23NOS. The minimum absolute atomic E-state index is 0.167. The van der Waals surface area contributed by atoms with Crippen molar-refractivity contribution in [3.8, 4) is 0 Å². The van der Waals surface area contributed by atoms with Gasteiger partial charge in [-0.15, -0.1) is 11.8 Å². The normalized spacial score (nSPS) is 10.7. The molecule has 0 aliphatic heterocycles. The summed E-state index contributed by atoms with van der Waals surface area (Å²) in [5.41, 5.74) is 1.31. The van der Waals surface area contributed by atoms with Crippen molar-refractivity contribution in [2.45, 2.75) is 38.0 Å². The van der Waals surface area contributed by atoms with Gasteiger partial charge in [-0.05, 0) is 37.1 Å². The standard InChI is InChI=1S/C15H23NOS/c1-4-12(5-2)15(17)16-11-10-13-8-6-7-9-14(13)18-3/h6-9,12H,4-5,10-11H2,1-3H3,(H,16,17). The summed E-state index contributed by atoms with van der Waals surface area (Å²) < 4.78 is 0. The zero-order chi connectivity index (χ0) is 13.4. The van der Waals surface area contributed by atoms with E-state index in [2.05, 4.69) is 49.7 Å². The number of rotatable bonds is 7. The van der Waals surface area contributed by atoms with Crippen LogP contribution in [0.25, 0.3) is 0 Å². The van der Waals surface area contributed by atoms with Gasteiger partial charge in [0.15, 0.2) is 0 Å². The summed E-state index contributed by atoms with van der Waals surface area (Å²) in [5, 5.41) is 3.04. The molecule has 0 atom stereocenters. The molecule has 0 aliphatic carbocycles. The van der Waals surface area contributed by atoms with Crippen LogP contribution in [0.15, 0.2) is 29.2 Å². The molecule has 0 radical (unpaired) electrons. The molecule has 1 rings (SSSR count). The quantitative estimate of drug-likeness (QED) is 0.764. The van der Waals surface area contributed by atoms with E-state index in [1.807, 2.05) is 0 Å². The highest BCUT2D eigenvalue weighted by Gasteiger charge is 2.13. The number of hydrogen-bond donors (Lipinski definition) is 1. The van der Waals surface area contributed by atoms with Crippen LogP contribution in [-0.2, 0) is 11.2 Å². The van der Waals surface area contributed by atoms with Gasteiger partial charge in [0.25, 0.3) is 0 Å². The van der Waals surface area contributed by atoms with Gasteiger partial charge in [0, 0.05) is 17.4 Å². The van der Waals surface area contributed by atoms with Crippen LogP contribution in [0, 0.1) is 5.92 Å². The van der Waals surface area contributed by atoms with Crippen LogP contribution in [0.3, 0.4) is 0 Å². The Kier molecular flexibility index (Phi) is 6.88. The largest absolute Gasteiger partial charge is 0.356 e. The molecule has 0 spiro atoms. The number of benzene rings is 1. The lowest BCUT2D eigenvalue weighted by Gasteiger charge is -2.13. The van der Waals surface area contributed by atoms with Gasteiger partial charge in [0.1, 0.15) is 0 Å². The van der Waals surface area contributed by atoms with Gasteiger partial charge in [0.2, 0.25) is 5.91 Å². The maximum absolute atomic E-state index is 11.8. The minimum Gasteiger partial charge on any atom is -0.356 e. The summed E-state index contributed by atoms with van der Waals surface area (Å²) in [6.45, 7) is 4.86. The maximum atomic E-state index is 11.8. The predicted molar refractivity (Wildman–Crippen MR) is 79.0 cm³/mol. The smallest absolute Gasteiger partial charge is 0.223 e. The van der Waals surface area contributed by atoms with Crippen LogP contribution in [0.2, 0.25) is 0 Å². The molecule has 0 unspecified atom stereocenters. The van der Waals surface area contributed by atoms with E-state index in [0.29, 0.717) is 0 Å². The Morgan fingerprint density at radius 1 is 1.28 bits per heavy atom. The van der Waals surface area contributed by atoms with Crippen molar-refractivity contribution < 1.29 is 4.79 Å². The Hall–Kier alpha value is -0.960. The predicted octanol–water partition coefficient (Wildman–Crippen LogP) is 3.50. The van der Waals surface area contributed by atoms with Crippen molar-refractivity contribution in [3.05, 3.63) is 29.8 Å². The number of thioether (sulfide) groups is 1. The van der Waals surface area contributed by atoms with Gasteiger partial charge in [-0.2, -0.15) is 0 Å². The van der Waals surface area contributed by atoms with Crippen molar-refractivity contribution in [2.75, 3.05) is 12.8 Å². The fourth-order valence-electron chi connectivity index (χ4n) is 2.03. The Morgan fingerprint density at radius 3 is 2.56 bits per heavy atom. The summed E-state index contributed by atoms with van der Waals surface area (Å²) in [5.74, 6) is 0.363. The first-order valence-electron chi connectivity index (χ1n) is 6.62. The van der Waals surface area contributed by atoms with E-state index in [9.17, 15) is 4.79 Å². The third kappa shape index (κ3) is 4.37. The first-order valence-corrected chi connectivity index (χ1v) is 7.85. The van der Waals surface area contributed by atoms with E-state index in [1.54, 1.807) is 11.8 Å². The van der Waals surface area contributed by atoms with E-state index in [-0.39, 0.29) is 11.8 Å². The van der Waals surface area contributed by atoms with Crippen LogP contribution >= 0.6 is 11.8 Å². The molecule has 2 nitrogen and oxygen atoms in total. The number of carbonyl (C=O) groups is 1. The Labute approximate surface area is 115 Å². The van der Waals surface area contributed by atoms with Crippen LogP contribution in [0.1, 0.15) is 32.3 Å². The molecule has 1 N–H and O–H groups in total. The highest BCUT2D eigenvalue weighted by molar-refractivity contribution is 7.98. The van der Waals surface area contributed by atoms with E-state index < -0.39 is 0 Å². The summed E-state index contributed by atoms with van der Waals surface area (Å²) in [6.07, 6.45) is 4.83. The molecule has 1 amide bonds. The average molecular weight is 265 g/mol. The lowest BCUT2D eigenvalue weighted by molar-refractivity contribution is -0.125. The zero-order valence-electron chi connectivity index (χ0n) is 11.5. The van der Waals surface area contributed by atoms with Gasteiger partial charge >= 0.3 is 0 Å². The zero-order valence-corrected chi connectivity index (χ0v) is 12.3. The molecule has 0 fully saturated rings. The van der Waals surface area contributed by atoms with Crippen molar-refractivity contribution in [3.63, 3.8) is 0 Å². The topological polar surface area (TPSA) is 29.1 Å². The van der Waals surface area contributed by atoms with E-state index in [0.717, 1.165) is 25.8 Å². The number of carbonyl (C=O) groups excluding carboxylic acids is 1. The Balaban J connectivity index is 2.44. The molecule has 0 saturated heterocycles. The Morgan fingerprint density at radius 2 is 1.94 bits per heavy atom. The van der Waals surface area contributed by atoms with Crippen molar-refractivity contribution in [1.82, 2.24) is 5.32 Å². The van der Waals surface area contributed by atoms with Crippen molar-refractivity contribution in [1.29, 1.82) is 0 Å². The summed E-state index contributed by atoms with van der Waals surface area (Å²) >= 11 is 1.76. The lowest BCUT2D eigenvalue weighted by atomic mass is 10.0. The molecule has 18 heavy (non-hydrogen) atoms. The first-order chi connectivity index (χ1) is 8.72. The fraction of sp³-hybridized carbons (Fsp3) is 0.533. The number of amides is 1. The molecule has 100 valence electrons.